The van der Waals surface area contributed by atoms with Crippen molar-refractivity contribution in [3.63, 3.8) is 0 Å². The molecule has 0 unspecified atom stereocenters. The van der Waals surface area contributed by atoms with Gasteiger partial charge in [-0.1, -0.05) is 25.0 Å². The number of carbonyl (C=O) groups is 1. The summed E-state index contributed by atoms with van der Waals surface area (Å²) in [4.78, 5) is 12.1. The topological polar surface area (TPSA) is 66.9 Å². The van der Waals surface area contributed by atoms with Crippen LogP contribution < -0.4 is 10.6 Å². The maximum atomic E-state index is 12.8. The average molecular weight is 314 g/mol. The van der Waals surface area contributed by atoms with Gasteiger partial charge in [0.05, 0.1) is 0 Å². The summed E-state index contributed by atoms with van der Waals surface area (Å²) in [6.45, 7) is 0.516. The van der Waals surface area contributed by atoms with Gasteiger partial charge in [0.1, 0.15) is 11.6 Å². The first-order valence-corrected chi connectivity index (χ1v) is 7.83. The van der Waals surface area contributed by atoms with E-state index in [4.69, 9.17) is 0 Å². The Hall–Kier alpha value is -2.50. The van der Waals surface area contributed by atoms with Crippen LogP contribution in [0.4, 0.5) is 10.2 Å². The second-order valence-corrected chi connectivity index (χ2v) is 5.74. The van der Waals surface area contributed by atoms with Gasteiger partial charge in [0, 0.05) is 12.6 Å². The van der Waals surface area contributed by atoms with Gasteiger partial charge in [-0.2, -0.15) is 0 Å². The normalized spacial score (nSPS) is 14.7. The Morgan fingerprint density at radius 2 is 1.83 bits per heavy atom. The fraction of sp³-hybridized carbons (Fsp3) is 0.353. The molecule has 1 amide bonds. The van der Waals surface area contributed by atoms with E-state index < -0.39 is 0 Å². The number of aromatic nitrogens is 2. The number of nitrogens with one attached hydrogen (secondary N) is 2. The van der Waals surface area contributed by atoms with Crippen molar-refractivity contribution < 1.29 is 9.18 Å². The second kappa shape index (κ2) is 7.17. The van der Waals surface area contributed by atoms with Crippen molar-refractivity contribution in [3.8, 4) is 0 Å². The number of hydrogen-bond acceptors (Lipinski definition) is 4. The average Bonchev–Trinajstić information content (AvgIpc) is 3.08. The summed E-state index contributed by atoms with van der Waals surface area (Å²) in [6, 6.07) is 9.89. The maximum absolute atomic E-state index is 12.8. The largest absolute Gasteiger partial charge is 0.365 e. The molecule has 0 saturated heterocycles. The van der Waals surface area contributed by atoms with E-state index in [-0.39, 0.29) is 17.8 Å². The first kappa shape index (κ1) is 15.4. The number of amides is 1. The molecule has 1 saturated carbocycles. The third-order valence-corrected chi connectivity index (χ3v) is 3.97. The van der Waals surface area contributed by atoms with Crippen LogP contribution >= 0.6 is 0 Å². The Morgan fingerprint density at radius 3 is 2.48 bits per heavy atom. The fourth-order valence-electron chi connectivity index (χ4n) is 2.67. The quantitative estimate of drug-likeness (QED) is 0.890. The van der Waals surface area contributed by atoms with Crippen LogP contribution in [0.25, 0.3) is 0 Å². The van der Waals surface area contributed by atoms with E-state index in [9.17, 15) is 9.18 Å². The molecular weight excluding hydrogens is 295 g/mol. The summed E-state index contributed by atoms with van der Waals surface area (Å²) >= 11 is 0. The van der Waals surface area contributed by atoms with Gasteiger partial charge >= 0.3 is 0 Å². The van der Waals surface area contributed by atoms with E-state index in [1.54, 1.807) is 24.3 Å². The van der Waals surface area contributed by atoms with Gasteiger partial charge in [-0.25, -0.2) is 4.39 Å². The molecule has 2 N–H and O–H groups in total. The minimum Gasteiger partial charge on any atom is -0.365 e. The van der Waals surface area contributed by atoms with Crippen LogP contribution in [0.15, 0.2) is 36.4 Å². The number of halogens is 1. The van der Waals surface area contributed by atoms with Gasteiger partial charge in [-0.3, -0.25) is 4.79 Å². The third kappa shape index (κ3) is 4.25. The first-order chi connectivity index (χ1) is 11.2. The SMILES string of the molecule is O=C(NC1CCCC1)c1ccc(NCc2ccc(F)cc2)nn1. The summed E-state index contributed by atoms with van der Waals surface area (Å²) < 4.78 is 12.8. The number of anilines is 1. The van der Waals surface area contributed by atoms with E-state index >= 15 is 0 Å². The zero-order chi connectivity index (χ0) is 16.1. The number of hydrogen-bond donors (Lipinski definition) is 2. The predicted octanol–water partition coefficient (Wildman–Crippen LogP) is 2.90. The number of carbonyl (C=O) groups excluding carboxylic acids is 1. The molecule has 6 heteroatoms. The third-order valence-electron chi connectivity index (χ3n) is 3.97. The monoisotopic (exact) mass is 314 g/mol. The summed E-state index contributed by atoms with van der Waals surface area (Å²) in [5, 5.41) is 14.0. The predicted molar refractivity (Wildman–Crippen MR) is 85.5 cm³/mol. The molecule has 1 fully saturated rings. The van der Waals surface area contributed by atoms with E-state index in [0.29, 0.717) is 18.1 Å². The molecule has 0 aliphatic heterocycles. The zero-order valence-corrected chi connectivity index (χ0v) is 12.8. The Kier molecular flexibility index (Phi) is 4.80. The van der Waals surface area contributed by atoms with Gasteiger partial charge in [0.2, 0.25) is 0 Å². The molecule has 0 spiro atoms. The zero-order valence-electron chi connectivity index (χ0n) is 12.8. The van der Waals surface area contributed by atoms with Crippen LogP contribution in [0.2, 0.25) is 0 Å². The Morgan fingerprint density at radius 1 is 1.09 bits per heavy atom. The molecule has 23 heavy (non-hydrogen) atoms. The molecule has 1 aromatic heterocycles. The number of nitrogens with zero attached hydrogens (tertiary/aromatic N) is 2. The highest BCUT2D eigenvalue weighted by Crippen LogP contribution is 2.18. The molecule has 120 valence electrons. The highest BCUT2D eigenvalue weighted by atomic mass is 19.1. The van der Waals surface area contributed by atoms with Crippen molar-refractivity contribution in [2.24, 2.45) is 0 Å². The first-order valence-electron chi connectivity index (χ1n) is 7.83. The molecule has 2 aromatic rings. The van der Waals surface area contributed by atoms with Crippen LogP contribution in [0, 0.1) is 5.82 Å². The van der Waals surface area contributed by atoms with Gasteiger partial charge in [0.15, 0.2) is 5.69 Å². The molecule has 1 aliphatic rings. The number of rotatable bonds is 5. The summed E-state index contributed by atoms with van der Waals surface area (Å²) in [5.41, 5.74) is 1.26. The van der Waals surface area contributed by atoms with E-state index in [0.717, 1.165) is 18.4 Å². The lowest BCUT2D eigenvalue weighted by Gasteiger charge is -2.11. The summed E-state index contributed by atoms with van der Waals surface area (Å²) in [6.07, 6.45) is 4.42. The Balaban J connectivity index is 1.53. The van der Waals surface area contributed by atoms with Crippen LogP contribution in [0.1, 0.15) is 41.7 Å². The van der Waals surface area contributed by atoms with E-state index in [1.807, 2.05) is 0 Å². The Labute approximate surface area is 134 Å². The van der Waals surface area contributed by atoms with Crippen molar-refractivity contribution in [2.75, 3.05) is 5.32 Å². The number of benzene rings is 1. The van der Waals surface area contributed by atoms with Crippen LogP contribution in [0.3, 0.4) is 0 Å². The molecule has 1 heterocycles. The molecule has 5 nitrogen and oxygen atoms in total. The lowest BCUT2D eigenvalue weighted by molar-refractivity contribution is 0.0932. The van der Waals surface area contributed by atoms with Crippen molar-refractivity contribution in [2.45, 2.75) is 38.3 Å². The minimum absolute atomic E-state index is 0.172. The molecular formula is C17H19FN4O. The molecule has 0 atom stereocenters. The molecule has 1 aliphatic carbocycles. The highest BCUT2D eigenvalue weighted by molar-refractivity contribution is 5.92. The minimum atomic E-state index is -0.258. The van der Waals surface area contributed by atoms with Crippen molar-refractivity contribution >= 4 is 11.7 Å². The van der Waals surface area contributed by atoms with Crippen LogP contribution in [-0.2, 0) is 6.54 Å². The molecule has 0 bridgehead atoms. The van der Waals surface area contributed by atoms with Gasteiger partial charge in [0.25, 0.3) is 5.91 Å². The summed E-state index contributed by atoms with van der Waals surface area (Å²) in [5.74, 6) is 0.146. The Bertz CT molecular complexity index is 651. The van der Waals surface area contributed by atoms with Crippen molar-refractivity contribution in [1.82, 2.24) is 15.5 Å². The lowest BCUT2D eigenvalue weighted by Crippen LogP contribution is -2.33. The highest BCUT2D eigenvalue weighted by Gasteiger charge is 2.18. The van der Waals surface area contributed by atoms with Gasteiger partial charge in [-0.05, 0) is 42.7 Å². The van der Waals surface area contributed by atoms with Crippen molar-refractivity contribution in [1.29, 1.82) is 0 Å². The van der Waals surface area contributed by atoms with Gasteiger partial charge in [-0.15, -0.1) is 10.2 Å². The van der Waals surface area contributed by atoms with Crippen molar-refractivity contribution in [3.05, 3.63) is 53.5 Å². The maximum Gasteiger partial charge on any atom is 0.272 e. The second-order valence-electron chi connectivity index (χ2n) is 5.74. The smallest absolute Gasteiger partial charge is 0.272 e. The van der Waals surface area contributed by atoms with E-state index in [2.05, 4.69) is 20.8 Å². The summed E-state index contributed by atoms with van der Waals surface area (Å²) in [7, 11) is 0. The van der Waals surface area contributed by atoms with E-state index in [1.165, 1.54) is 25.0 Å². The molecule has 3 rings (SSSR count). The van der Waals surface area contributed by atoms with Gasteiger partial charge < -0.3 is 10.6 Å². The standard InChI is InChI=1S/C17H19FN4O/c18-13-7-5-12(6-8-13)11-19-16-10-9-15(21-22-16)17(23)20-14-3-1-2-4-14/h5-10,14H,1-4,11H2,(H,19,22)(H,20,23). The molecule has 1 aromatic carbocycles. The lowest BCUT2D eigenvalue weighted by atomic mass is 10.2. The van der Waals surface area contributed by atoms with Crippen LogP contribution in [0.5, 0.6) is 0 Å². The molecule has 0 radical (unpaired) electrons. The fourth-order valence-corrected chi connectivity index (χ4v) is 2.67. The van der Waals surface area contributed by atoms with Crippen LogP contribution in [-0.4, -0.2) is 22.1 Å².